The molecule has 0 aliphatic rings. The van der Waals surface area contributed by atoms with Crippen molar-refractivity contribution in [3.05, 3.63) is 36.0 Å². The summed E-state index contributed by atoms with van der Waals surface area (Å²) in [7, 11) is 4.18. The van der Waals surface area contributed by atoms with Crippen LogP contribution in [-0.4, -0.2) is 38.9 Å². The Balaban J connectivity index is 1.75. The van der Waals surface area contributed by atoms with Crippen LogP contribution < -0.4 is 0 Å². The number of hydrogen-bond donors (Lipinski definition) is 0. The standard InChI is InChI=1S/C19H27N5O2S/c1-5-7-10-24-18(15(6-2)23(3)4)20-21-19(24)27-13-14-12-17(26-22-14)16-9-8-11-25-16/h8-9,11-12,15H,5-7,10,13H2,1-4H3. The Hall–Kier alpha value is -2.06. The van der Waals surface area contributed by atoms with Gasteiger partial charge in [0.05, 0.1) is 18.0 Å². The lowest BCUT2D eigenvalue weighted by Crippen LogP contribution is -2.23. The fourth-order valence-electron chi connectivity index (χ4n) is 3.01. The summed E-state index contributed by atoms with van der Waals surface area (Å²) < 4.78 is 13.0. The van der Waals surface area contributed by atoms with Gasteiger partial charge >= 0.3 is 0 Å². The van der Waals surface area contributed by atoms with Gasteiger partial charge in [-0.25, -0.2) is 0 Å². The first kappa shape index (κ1) is 19.7. The zero-order chi connectivity index (χ0) is 19.2. The highest BCUT2D eigenvalue weighted by Crippen LogP contribution is 2.28. The van der Waals surface area contributed by atoms with Crippen LogP contribution in [0.4, 0.5) is 0 Å². The lowest BCUT2D eigenvalue weighted by atomic mass is 10.2. The number of unbranched alkanes of at least 4 members (excludes halogenated alkanes) is 1. The third-order valence-electron chi connectivity index (χ3n) is 4.46. The molecule has 0 amide bonds. The first-order chi connectivity index (χ1) is 13.1. The van der Waals surface area contributed by atoms with Crippen molar-refractivity contribution in [1.29, 1.82) is 0 Å². The maximum atomic E-state index is 5.38. The van der Waals surface area contributed by atoms with Gasteiger partial charge in [-0.05, 0) is 39.1 Å². The van der Waals surface area contributed by atoms with Crippen LogP contribution in [0.1, 0.15) is 50.7 Å². The predicted octanol–water partition coefficient (Wildman–Crippen LogP) is 4.63. The molecule has 1 atom stereocenters. The van der Waals surface area contributed by atoms with Gasteiger partial charge in [0.15, 0.2) is 16.7 Å². The van der Waals surface area contributed by atoms with E-state index in [0.717, 1.165) is 42.5 Å². The van der Waals surface area contributed by atoms with E-state index in [1.54, 1.807) is 18.0 Å². The fourth-order valence-corrected chi connectivity index (χ4v) is 3.86. The highest BCUT2D eigenvalue weighted by molar-refractivity contribution is 7.98. The van der Waals surface area contributed by atoms with E-state index in [-0.39, 0.29) is 6.04 Å². The topological polar surface area (TPSA) is 73.1 Å². The molecule has 3 heterocycles. The van der Waals surface area contributed by atoms with E-state index in [9.17, 15) is 0 Å². The average Bonchev–Trinajstić information content (AvgIpc) is 3.39. The molecule has 0 aromatic carbocycles. The largest absolute Gasteiger partial charge is 0.461 e. The number of rotatable bonds is 10. The van der Waals surface area contributed by atoms with E-state index in [1.807, 2.05) is 18.2 Å². The molecule has 0 aliphatic heterocycles. The normalized spacial score (nSPS) is 12.8. The van der Waals surface area contributed by atoms with Crippen molar-refractivity contribution in [3.8, 4) is 11.5 Å². The monoisotopic (exact) mass is 389 g/mol. The fraction of sp³-hybridized carbons (Fsp3) is 0.526. The highest BCUT2D eigenvalue weighted by atomic mass is 32.2. The Morgan fingerprint density at radius 2 is 2.07 bits per heavy atom. The van der Waals surface area contributed by atoms with Crippen molar-refractivity contribution in [2.75, 3.05) is 14.1 Å². The van der Waals surface area contributed by atoms with Gasteiger partial charge in [-0.1, -0.05) is 37.2 Å². The van der Waals surface area contributed by atoms with Crippen LogP contribution in [0.5, 0.6) is 0 Å². The molecule has 0 saturated heterocycles. The quantitative estimate of drug-likeness (QED) is 0.468. The second-order valence-corrected chi connectivity index (χ2v) is 7.62. The van der Waals surface area contributed by atoms with E-state index in [4.69, 9.17) is 8.94 Å². The molecular weight excluding hydrogens is 362 g/mol. The minimum atomic E-state index is 0.265. The summed E-state index contributed by atoms with van der Waals surface area (Å²) in [6, 6.07) is 5.87. The van der Waals surface area contributed by atoms with Crippen molar-refractivity contribution in [2.45, 2.75) is 56.6 Å². The summed E-state index contributed by atoms with van der Waals surface area (Å²) in [6.07, 6.45) is 4.86. The van der Waals surface area contributed by atoms with Gasteiger partial charge in [-0.3, -0.25) is 4.90 Å². The van der Waals surface area contributed by atoms with Gasteiger partial charge in [-0.15, -0.1) is 10.2 Å². The molecule has 7 nitrogen and oxygen atoms in total. The van der Waals surface area contributed by atoms with Crippen molar-refractivity contribution >= 4 is 11.8 Å². The van der Waals surface area contributed by atoms with Gasteiger partial charge in [0.2, 0.25) is 5.76 Å². The zero-order valence-corrected chi connectivity index (χ0v) is 17.2. The van der Waals surface area contributed by atoms with E-state index < -0.39 is 0 Å². The lowest BCUT2D eigenvalue weighted by Gasteiger charge is -2.23. The van der Waals surface area contributed by atoms with Gasteiger partial charge in [0, 0.05) is 18.4 Å². The average molecular weight is 390 g/mol. The van der Waals surface area contributed by atoms with Crippen molar-refractivity contribution in [2.24, 2.45) is 0 Å². The van der Waals surface area contributed by atoms with E-state index >= 15 is 0 Å². The highest BCUT2D eigenvalue weighted by Gasteiger charge is 2.22. The van der Waals surface area contributed by atoms with Gasteiger partial charge in [0.25, 0.3) is 0 Å². The molecule has 3 rings (SSSR count). The minimum Gasteiger partial charge on any atom is -0.461 e. The van der Waals surface area contributed by atoms with Crippen LogP contribution in [0.15, 0.2) is 38.6 Å². The Labute approximate surface area is 164 Å². The molecule has 146 valence electrons. The zero-order valence-electron chi connectivity index (χ0n) is 16.4. The Bertz CT molecular complexity index is 825. The van der Waals surface area contributed by atoms with Crippen molar-refractivity contribution in [3.63, 3.8) is 0 Å². The molecule has 27 heavy (non-hydrogen) atoms. The summed E-state index contributed by atoms with van der Waals surface area (Å²) in [5.74, 6) is 3.04. The molecular formula is C19H27N5O2S. The number of nitrogens with zero attached hydrogens (tertiary/aromatic N) is 5. The van der Waals surface area contributed by atoms with Crippen LogP contribution in [-0.2, 0) is 12.3 Å². The van der Waals surface area contributed by atoms with E-state index in [1.165, 1.54) is 0 Å². The number of hydrogen-bond acceptors (Lipinski definition) is 7. The first-order valence-electron chi connectivity index (χ1n) is 9.35. The molecule has 0 saturated carbocycles. The maximum absolute atomic E-state index is 5.38. The summed E-state index contributed by atoms with van der Waals surface area (Å²) in [4.78, 5) is 2.20. The molecule has 8 heteroatoms. The van der Waals surface area contributed by atoms with Crippen LogP contribution in [0.2, 0.25) is 0 Å². The van der Waals surface area contributed by atoms with Gasteiger partial charge < -0.3 is 13.5 Å². The van der Waals surface area contributed by atoms with Gasteiger partial charge in [-0.2, -0.15) is 0 Å². The number of furan rings is 1. The van der Waals surface area contributed by atoms with E-state index in [0.29, 0.717) is 17.3 Å². The molecule has 3 aromatic heterocycles. The summed E-state index contributed by atoms with van der Waals surface area (Å²) in [5, 5.41) is 14.1. The molecule has 0 spiro atoms. The van der Waals surface area contributed by atoms with Gasteiger partial charge in [0.1, 0.15) is 0 Å². The van der Waals surface area contributed by atoms with Crippen LogP contribution in [0.3, 0.4) is 0 Å². The number of aromatic nitrogens is 4. The second kappa shape index (κ2) is 9.23. The summed E-state index contributed by atoms with van der Waals surface area (Å²) in [5.41, 5.74) is 0.859. The smallest absolute Gasteiger partial charge is 0.202 e. The predicted molar refractivity (Wildman–Crippen MR) is 105 cm³/mol. The third kappa shape index (κ3) is 4.62. The minimum absolute atomic E-state index is 0.265. The van der Waals surface area contributed by atoms with Crippen molar-refractivity contribution < 1.29 is 8.94 Å². The number of thioether (sulfide) groups is 1. The van der Waals surface area contributed by atoms with Crippen LogP contribution in [0, 0.1) is 0 Å². The molecule has 0 radical (unpaired) electrons. The first-order valence-corrected chi connectivity index (χ1v) is 10.3. The van der Waals surface area contributed by atoms with Crippen LogP contribution in [0.25, 0.3) is 11.5 Å². The van der Waals surface area contributed by atoms with Crippen molar-refractivity contribution in [1.82, 2.24) is 24.8 Å². The molecule has 0 bridgehead atoms. The summed E-state index contributed by atoms with van der Waals surface area (Å²) in [6.45, 7) is 5.31. The lowest BCUT2D eigenvalue weighted by molar-refractivity contribution is 0.270. The Morgan fingerprint density at radius 3 is 2.74 bits per heavy atom. The molecule has 1 unspecified atom stereocenters. The Morgan fingerprint density at radius 1 is 1.22 bits per heavy atom. The molecule has 0 fully saturated rings. The third-order valence-corrected chi connectivity index (χ3v) is 5.46. The second-order valence-electron chi connectivity index (χ2n) is 6.68. The molecule has 3 aromatic rings. The summed E-state index contributed by atoms with van der Waals surface area (Å²) >= 11 is 1.64. The van der Waals surface area contributed by atoms with E-state index in [2.05, 4.69) is 52.8 Å². The molecule has 0 aliphatic carbocycles. The SMILES string of the molecule is CCCCn1c(SCc2cc(-c3ccco3)on2)nnc1C(CC)N(C)C. The molecule has 0 N–H and O–H groups in total. The Kier molecular flexibility index (Phi) is 6.73. The van der Waals surface area contributed by atoms with Crippen LogP contribution >= 0.6 is 11.8 Å². The maximum Gasteiger partial charge on any atom is 0.202 e.